The smallest absolute Gasteiger partial charge is 0.334 e. The molecule has 20 heavy (non-hydrogen) atoms. The SMILES string of the molecule is Nc1cccc(CCC(=O)N2CCOC(C(=O)O)C2)c1. The largest absolute Gasteiger partial charge is 0.479 e. The molecule has 0 spiro atoms. The zero-order chi connectivity index (χ0) is 14.5. The number of ether oxygens (including phenoxy) is 1. The van der Waals surface area contributed by atoms with Gasteiger partial charge in [-0.2, -0.15) is 0 Å². The van der Waals surface area contributed by atoms with Gasteiger partial charge in [0.1, 0.15) is 0 Å². The first-order valence-electron chi connectivity index (χ1n) is 6.53. The standard InChI is InChI=1S/C14H18N2O4/c15-11-3-1-2-10(8-11)4-5-13(17)16-6-7-20-12(9-16)14(18)19/h1-3,8,12H,4-7,9,15H2,(H,18,19). The van der Waals surface area contributed by atoms with Crippen molar-refractivity contribution in [2.45, 2.75) is 18.9 Å². The molecule has 1 heterocycles. The van der Waals surface area contributed by atoms with Crippen LogP contribution in [0.2, 0.25) is 0 Å². The van der Waals surface area contributed by atoms with E-state index in [1.807, 2.05) is 18.2 Å². The van der Waals surface area contributed by atoms with E-state index in [1.165, 1.54) is 0 Å². The van der Waals surface area contributed by atoms with Crippen molar-refractivity contribution in [3.05, 3.63) is 29.8 Å². The lowest BCUT2D eigenvalue weighted by atomic mass is 10.1. The van der Waals surface area contributed by atoms with Crippen LogP contribution in [0.25, 0.3) is 0 Å². The summed E-state index contributed by atoms with van der Waals surface area (Å²) >= 11 is 0. The minimum Gasteiger partial charge on any atom is -0.479 e. The Morgan fingerprint density at radius 3 is 2.95 bits per heavy atom. The fraction of sp³-hybridized carbons (Fsp3) is 0.429. The van der Waals surface area contributed by atoms with Crippen molar-refractivity contribution in [1.29, 1.82) is 0 Å². The van der Waals surface area contributed by atoms with Gasteiger partial charge in [-0.1, -0.05) is 12.1 Å². The molecule has 3 N–H and O–H groups in total. The lowest BCUT2D eigenvalue weighted by Crippen LogP contribution is -2.48. The van der Waals surface area contributed by atoms with Crippen LogP contribution < -0.4 is 5.73 Å². The maximum Gasteiger partial charge on any atom is 0.334 e. The molecule has 0 radical (unpaired) electrons. The average Bonchev–Trinajstić information content (AvgIpc) is 2.45. The summed E-state index contributed by atoms with van der Waals surface area (Å²) in [6.45, 7) is 0.825. The number of nitrogens with two attached hydrogens (primary N) is 1. The number of morpholine rings is 1. The Labute approximate surface area is 117 Å². The number of carbonyl (C=O) groups excluding carboxylic acids is 1. The van der Waals surface area contributed by atoms with E-state index < -0.39 is 12.1 Å². The quantitative estimate of drug-likeness (QED) is 0.783. The summed E-state index contributed by atoms with van der Waals surface area (Å²) in [5.41, 5.74) is 7.36. The zero-order valence-electron chi connectivity index (χ0n) is 11.1. The van der Waals surface area contributed by atoms with Crippen LogP contribution in [0.3, 0.4) is 0 Å². The normalized spacial score (nSPS) is 18.8. The lowest BCUT2D eigenvalue weighted by Gasteiger charge is -2.31. The van der Waals surface area contributed by atoms with Crippen LogP contribution in [0.4, 0.5) is 5.69 Å². The van der Waals surface area contributed by atoms with Crippen molar-refractivity contribution in [2.75, 3.05) is 25.4 Å². The lowest BCUT2D eigenvalue weighted by molar-refractivity contribution is -0.159. The fourth-order valence-electron chi connectivity index (χ4n) is 2.18. The predicted molar refractivity (Wildman–Crippen MR) is 73.1 cm³/mol. The van der Waals surface area contributed by atoms with Gasteiger partial charge in [-0.05, 0) is 24.1 Å². The highest BCUT2D eigenvalue weighted by atomic mass is 16.5. The van der Waals surface area contributed by atoms with E-state index in [2.05, 4.69) is 0 Å². The number of carbonyl (C=O) groups is 2. The van der Waals surface area contributed by atoms with Crippen LogP contribution in [0.5, 0.6) is 0 Å². The van der Waals surface area contributed by atoms with Gasteiger partial charge in [-0.15, -0.1) is 0 Å². The summed E-state index contributed by atoms with van der Waals surface area (Å²) in [7, 11) is 0. The third kappa shape index (κ3) is 3.71. The molecule has 6 heteroatoms. The summed E-state index contributed by atoms with van der Waals surface area (Å²) in [5.74, 6) is -1.08. The van der Waals surface area contributed by atoms with Crippen LogP contribution in [-0.2, 0) is 20.7 Å². The highest BCUT2D eigenvalue weighted by Crippen LogP contribution is 2.12. The minimum absolute atomic E-state index is 0.0537. The van der Waals surface area contributed by atoms with E-state index >= 15 is 0 Å². The Kier molecular flexibility index (Phi) is 4.57. The molecule has 1 saturated heterocycles. The van der Waals surface area contributed by atoms with E-state index in [0.717, 1.165) is 5.56 Å². The number of anilines is 1. The third-order valence-corrected chi connectivity index (χ3v) is 3.27. The Bertz CT molecular complexity index is 504. The zero-order valence-corrected chi connectivity index (χ0v) is 11.1. The number of hydrogen-bond donors (Lipinski definition) is 2. The van der Waals surface area contributed by atoms with Crippen LogP contribution in [-0.4, -0.2) is 47.7 Å². The molecule has 2 rings (SSSR count). The van der Waals surface area contributed by atoms with Gasteiger partial charge in [-0.3, -0.25) is 4.79 Å². The molecule has 1 aliphatic rings. The molecule has 0 saturated carbocycles. The molecule has 1 unspecified atom stereocenters. The van der Waals surface area contributed by atoms with Crippen molar-refractivity contribution < 1.29 is 19.4 Å². The van der Waals surface area contributed by atoms with E-state index in [-0.39, 0.29) is 19.1 Å². The molecule has 1 aliphatic heterocycles. The van der Waals surface area contributed by atoms with Gasteiger partial charge < -0.3 is 20.5 Å². The molecule has 1 aromatic carbocycles. The number of nitrogens with zero attached hydrogens (tertiary/aromatic N) is 1. The van der Waals surface area contributed by atoms with Crippen LogP contribution >= 0.6 is 0 Å². The number of carboxylic acid groups (broad SMARTS) is 1. The topological polar surface area (TPSA) is 92.9 Å². The number of aryl methyl sites for hydroxylation is 1. The highest BCUT2D eigenvalue weighted by molar-refractivity contribution is 5.78. The number of rotatable bonds is 4. The molecule has 0 bridgehead atoms. The summed E-state index contributed by atoms with van der Waals surface area (Å²) in [4.78, 5) is 24.5. The Morgan fingerprint density at radius 2 is 2.25 bits per heavy atom. The Morgan fingerprint density at radius 1 is 1.45 bits per heavy atom. The van der Waals surface area contributed by atoms with E-state index in [0.29, 0.717) is 25.1 Å². The molecule has 1 atom stereocenters. The van der Waals surface area contributed by atoms with E-state index in [9.17, 15) is 9.59 Å². The van der Waals surface area contributed by atoms with Gasteiger partial charge >= 0.3 is 5.97 Å². The number of benzene rings is 1. The number of nitrogen functional groups attached to an aromatic ring is 1. The number of hydrogen-bond acceptors (Lipinski definition) is 4. The summed E-state index contributed by atoms with van der Waals surface area (Å²) in [6.07, 6.45) is 0.0226. The number of aliphatic carboxylic acids is 1. The Hall–Kier alpha value is -2.08. The second kappa shape index (κ2) is 6.38. The van der Waals surface area contributed by atoms with E-state index in [4.69, 9.17) is 15.6 Å². The molecular weight excluding hydrogens is 260 g/mol. The van der Waals surface area contributed by atoms with Crippen LogP contribution in [0.15, 0.2) is 24.3 Å². The highest BCUT2D eigenvalue weighted by Gasteiger charge is 2.28. The maximum atomic E-state index is 12.1. The molecule has 1 fully saturated rings. The van der Waals surface area contributed by atoms with E-state index in [1.54, 1.807) is 11.0 Å². The summed E-state index contributed by atoms with van der Waals surface area (Å²) < 4.78 is 5.09. The van der Waals surface area contributed by atoms with Crippen molar-refractivity contribution >= 4 is 17.6 Å². The van der Waals surface area contributed by atoms with Gasteiger partial charge in [0.2, 0.25) is 5.91 Å². The first kappa shape index (κ1) is 14.3. The monoisotopic (exact) mass is 278 g/mol. The molecule has 1 aromatic rings. The molecule has 1 amide bonds. The van der Waals surface area contributed by atoms with Crippen LogP contribution in [0, 0.1) is 0 Å². The third-order valence-electron chi connectivity index (χ3n) is 3.27. The first-order chi connectivity index (χ1) is 9.56. The van der Waals surface area contributed by atoms with Crippen LogP contribution in [0.1, 0.15) is 12.0 Å². The average molecular weight is 278 g/mol. The second-order valence-electron chi connectivity index (χ2n) is 4.78. The minimum atomic E-state index is -1.03. The fourth-order valence-corrected chi connectivity index (χ4v) is 2.18. The van der Waals surface area contributed by atoms with Gasteiger partial charge in [0.05, 0.1) is 13.2 Å². The molecule has 108 valence electrons. The number of amides is 1. The first-order valence-corrected chi connectivity index (χ1v) is 6.53. The van der Waals surface area contributed by atoms with Gasteiger partial charge in [0, 0.05) is 18.7 Å². The molecule has 0 aliphatic carbocycles. The second-order valence-corrected chi connectivity index (χ2v) is 4.78. The molecule has 0 aromatic heterocycles. The van der Waals surface area contributed by atoms with Gasteiger partial charge in [-0.25, -0.2) is 4.79 Å². The Balaban J connectivity index is 1.87. The van der Waals surface area contributed by atoms with Crippen molar-refractivity contribution in [1.82, 2.24) is 4.90 Å². The van der Waals surface area contributed by atoms with Crippen molar-refractivity contribution in [2.24, 2.45) is 0 Å². The molecular formula is C14H18N2O4. The molecule has 6 nitrogen and oxygen atoms in total. The predicted octanol–water partition coefficient (Wildman–Crippen LogP) is 0.513. The van der Waals surface area contributed by atoms with Gasteiger partial charge in [0.25, 0.3) is 0 Å². The van der Waals surface area contributed by atoms with Crippen molar-refractivity contribution in [3.8, 4) is 0 Å². The van der Waals surface area contributed by atoms with Gasteiger partial charge in [0.15, 0.2) is 6.10 Å². The number of carboxylic acids is 1. The summed E-state index contributed by atoms with van der Waals surface area (Å²) in [6, 6.07) is 7.41. The summed E-state index contributed by atoms with van der Waals surface area (Å²) in [5, 5.41) is 8.90. The maximum absolute atomic E-state index is 12.1. The van der Waals surface area contributed by atoms with Crippen molar-refractivity contribution in [3.63, 3.8) is 0 Å².